The van der Waals surface area contributed by atoms with Crippen LogP contribution in [0, 0.1) is 5.92 Å². The number of hydrogen-bond acceptors (Lipinski definition) is 4. The molecule has 2 rings (SSSR count). The molecule has 1 fully saturated rings. The van der Waals surface area contributed by atoms with Gasteiger partial charge in [-0.15, -0.1) is 0 Å². The van der Waals surface area contributed by atoms with E-state index in [1.54, 1.807) is 0 Å². The van der Waals surface area contributed by atoms with Crippen LogP contribution in [0.5, 0.6) is 0 Å². The lowest BCUT2D eigenvalue weighted by Crippen LogP contribution is -2.29. The van der Waals surface area contributed by atoms with Crippen LogP contribution in [0.15, 0.2) is 30.3 Å². The lowest BCUT2D eigenvalue weighted by Gasteiger charge is -2.13. The number of esters is 1. The molecular weight excluding hydrogens is 230 g/mol. The maximum Gasteiger partial charge on any atom is 0.319 e. The molecule has 0 saturated carbocycles. The molecule has 0 aliphatic carbocycles. The average Bonchev–Trinajstić information content (AvgIpc) is 2.87. The molecule has 4 heteroatoms. The molecule has 0 aromatic heterocycles. The molecule has 0 radical (unpaired) electrons. The van der Waals surface area contributed by atoms with Crippen molar-refractivity contribution in [1.29, 1.82) is 0 Å². The van der Waals surface area contributed by atoms with Crippen molar-refractivity contribution >= 4 is 11.8 Å². The summed E-state index contributed by atoms with van der Waals surface area (Å²) in [6, 6.07) is 9.31. The molecule has 4 nitrogen and oxygen atoms in total. The first-order valence-electron chi connectivity index (χ1n) is 6.09. The molecule has 1 atom stereocenters. The summed E-state index contributed by atoms with van der Waals surface area (Å²) < 4.78 is 4.63. The van der Waals surface area contributed by atoms with Crippen molar-refractivity contribution in [3.8, 4) is 0 Å². The first-order chi connectivity index (χ1) is 8.70. The number of rotatable bonds is 4. The minimum absolute atomic E-state index is 0.00273. The lowest BCUT2D eigenvalue weighted by molar-refractivity contribution is -0.141. The van der Waals surface area contributed by atoms with E-state index in [-0.39, 0.29) is 24.2 Å². The van der Waals surface area contributed by atoms with Gasteiger partial charge in [0.2, 0.25) is 0 Å². The number of Topliss-reactive ketones (excluding diaryl/α,β-unsaturated/α-hetero) is 1. The average molecular weight is 247 g/mol. The van der Waals surface area contributed by atoms with Gasteiger partial charge in [-0.25, -0.2) is 0 Å². The summed E-state index contributed by atoms with van der Waals surface area (Å²) >= 11 is 0. The molecule has 0 bridgehead atoms. The highest BCUT2D eigenvalue weighted by atomic mass is 16.5. The van der Waals surface area contributed by atoms with Crippen molar-refractivity contribution in [2.45, 2.75) is 6.42 Å². The van der Waals surface area contributed by atoms with Gasteiger partial charge >= 0.3 is 5.97 Å². The molecule has 1 aromatic rings. The summed E-state index contributed by atoms with van der Waals surface area (Å²) in [6.45, 7) is 1.69. The highest BCUT2D eigenvalue weighted by Crippen LogP contribution is 2.20. The topological polar surface area (TPSA) is 46.6 Å². The van der Waals surface area contributed by atoms with E-state index in [0.29, 0.717) is 6.54 Å². The van der Waals surface area contributed by atoms with E-state index in [9.17, 15) is 9.59 Å². The summed E-state index contributed by atoms with van der Waals surface area (Å²) in [6.07, 6.45) is 0.810. The molecule has 1 aliphatic rings. The predicted molar refractivity (Wildman–Crippen MR) is 67.3 cm³/mol. The van der Waals surface area contributed by atoms with Gasteiger partial charge in [0, 0.05) is 18.0 Å². The van der Waals surface area contributed by atoms with Crippen LogP contribution in [0.25, 0.3) is 0 Å². The van der Waals surface area contributed by atoms with Crippen LogP contribution in [0.2, 0.25) is 0 Å². The van der Waals surface area contributed by atoms with Crippen LogP contribution in [-0.2, 0) is 9.53 Å². The van der Waals surface area contributed by atoms with E-state index in [1.807, 2.05) is 35.2 Å². The highest BCUT2D eigenvalue weighted by Gasteiger charge is 2.29. The third-order valence-electron chi connectivity index (χ3n) is 3.28. The number of carbonyl (C=O) groups excluding carboxylic acids is 2. The minimum atomic E-state index is -0.247. The summed E-state index contributed by atoms with van der Waals surface area (Å²) in [7, 11) is 1.38. The molecule has 0 N–H and O–H groups in total. The van der Waals surface area contributed by atoms with Crippen LogP contribution in [0.4, 0.5) is 0 Å². The predicted octanol–water partition coefficient (Wildman–Crippen LogP) is 1.36. The normalized spacial score (nSPS) is 19.7. The van der Waals surface area contributed by atoms with E-state index in [0.717, 1.165) is 18.5 Å². The quantitative estimate of drug-likeness (QED) is 0.595. The van der Waals surface area contributed by atoms with Crippen molar-refractivity contribution in [1.82, 2.24) is 4.90 Å². The van der Waals surface area contributed by atoms with Gasteiger partial charge in [0.05, 0.1) is 13.7 Å². The van der Waals surface area contributed by atoms with Gasteiger partial charge < -0.3 is 4.74 Å². The van der Waals surface area contributed by atoms with E-state index < -0.39 is 0 Å². The standard InChI is InChI=1S/C14H17NO3/c1-18-13(16)10-15-8-7-12(9-15)14(17)11-5-3-2-4-6-11/h2-6,12H,7-10H2,1H3. The minimum Gasteiger partial charge on any atom is -0.468 e. The zero-order valence-corrected chi connectivity index (χ0v) is 10.5. The summed E-state index contributed by atoms with van der Waals surface area (Å²) in [4.78, 5) is 25.3. The Morgan fingerprint density at radius 1 is 1.33 bits per heavy atom. The zero-order chi connectivity index (χ0) is 13.0. The van der Waals surface area contributed by atoms with E-state index in [1.165, 1.54) is 7.11 Å². The van der Waals surface area contributed by atoms with Gasteiger partial charge in [0.15, 0.2) is 5.78 Å². The van der Waals surface area contributed by atoms with Crippen LogP contribution >= 0.6 is 0 Å². The van der Waals surface area contributed by atoms with Crippen molar-refractivity contribution in [3.05, 3.63) is 35.9 Å². The molecule has 1 unspecified atom stereocenters. The molecule has 18 heavy (non-hydrogen) atoms. The van der Waals surface area contributed by atoms with Gasteiger partial charge in [-0.3, -0.25) is 14.5 Å². The summed E-state index contributed by atoms with van der Waals surface area (Å²) in [5.74, 6) is -0.0807. The van der Waals surface area contributed by atoms with E-state index in [4.69, 9.17) is 0 Å². The molecular formula is C14H17NO3. The Morgan fingerprint density at radius 2 is 2.06 bits per heavy atom. The van der Waals surface area contributed by atoms with Gasteiger partial charge in [0.25, 0.3) is 0 Å². The Hall–Kier alpha value is -1.68. The molecule has 96 valence electrons. The lowest BCUT2D eigenvalue weighted by atomic mass is 9.97. The SMILES string of the molecule is COC(=O)CN1CCC(C(=O)c2ccccc2)C1. The number of carbonyl (C=O) groups is 2. The van der Waals surface area contributed by atoms with Crippen LogP contribution in [0.1, 0.15) is 16.8 Å². The first kappa shape index (κ1) is 12.8. The molecule has 1 saturated heterocycles. The second-order valence-corrected chi connectivity index (χ2v) is 4.53. The maximum atomic E-state index is 12.2. The molecule has 1 aromatic carbocycles. The maximum absolute atomic E-state index is 12.2. The molecule has 0 spiro atoms. The van der Waals surface area contributed by atoms with Gasteiger partial charge in [-0.05, 0) is 13.0 Å². The van der Waals surface area contributed by atoms with Crippen molar-refractivity contribution in [2.24, 2.45) is 5.92 Å². The Labute approximate surface area is 107 Å². The Kier molecular flexibility index (Phi) is 4.10. The Bertz CT molecular complexity index is 430. The summed E-state index contributed by atoms with van der Waals surface area (Å²) in [5, 5.41) is 0. The Balaban J connectivity index is 1.93. The number of likely N-dealkylation sites (tertiary alicyclic amines) is 1. The second-order valence-electron chi connectivity index (χ2n) is 4.53. The van der Waals surface area contributed by atoms with E-state index >= 15 is 0 Å². The fourth-order valence-corrected chi connectivity index (χ4v) is 2.28. The smallest absolute Gasteiger partial charge is 0.319 e. The van der Waals surface area contributed by atoms with Crippen molar-refractivity contribution in [2.75, 3.05) is 26.7 Å². The van der Waals surface area contributed by atoms with Gasteiger partial charge in [-0.2, -0.15) is 0 Å². The largest absolute Gasteiger partial charge is 0.468 e. The van der Waals surface area contributed by atoms with Crippen LogP contribution in [0.3, 0.4) is 0 Å². The monoisotopic (exact) mass is 247 g/mol. The van der Waals surface area contributed by atoms with Crippen molar-refractivity contribution in [3.63, 3.8) is 0 Å². The fourth-order valence-electron chi connectivity index (χ4n) is 2.28. The number of ether oxygens (including phenoxy) is 1. The van der Waals surface area contributed by atoms with Gasteiger partial charge in [-0.1, -0.05) is 30.3 Å². The number of nitrogens with zero attached hydrogens (tertiary/aromatic N) is 1. The highest BCUT2D eigenvalue weighted by molar-refractivity contribution is 5.98. The summed E-state index contributed by atoms with van der Waals surface area (Å²) in [5.41, 5.74) is 0.752. The fraction of sp³-hybridized carbons (Fsp3) is 0.429. The third-order valence-corrected chi connectivity index (χ3v) is 3.28. The molecule has 1 aliphatic heterocycles. The first-order valence-corrected chi connectivity index (χ1v) is 6.09. The van der Waals surface area contributed by atoms with Crippen LogP contribution < -0.4 is 0 Å². The second kappa shape index (κ2) is 5.78. The number of hydrogen-bond donors (Lipinski definition) is 0. The number of ketones is 1. The van der Waals surface area contributed by atoms with Gasteiger partial charge in [0.1, 0.15) is 0 Å². The number of benzene rings is 1. The third kappa shape index (κ3) is 2.96. The van der Waals surface area contributed by atoms with Crippen molar-refractivity contribution < 1.29 is 14.3 Å². The number of methoxy groups -OCH3 is 1. The zero-order valence-electron chi connectivity index (χ0n) is 10.5. The van der Waals surface area contributed by atoms with Crippen LogP contribution in [-0.4, -0.2) is 43.4 Å². The molecule has 0 amide bonds. The molecule has 1 heterocycles. The Morgan fingerprint density at radius 3 is 2.72 bits per heavy atom. The van der Waals surface area contributed by atoms with E-state index in [2.05, 4.69) is 4.74 Å².